The van der Waals surface area contributed by atoms with Gasteiger partial charge in [0.1, 0.15) is 5.75 Å². The van der Waals surface area contributed by atoms with Gasteiger partial charge in [0.05, 0.1) is 13.3 Å². The fourth-order valence-corrected chi connectivity index (χ4v) is 2.30. The van der Waals surface area contributed by atoms with Gasteiger partial charge in [-0.15, -0.1) is 0 Å². The fraction of sp³-hybridized carbons (Fsp3) is 0.111. The first-order valence-electron chi connectivity index (χ1n) is 6.94. The van der Waals surface area contributed by atoms with E-state index in [1.807, 2.05) is 49.6 Å². The van der Waals surface area contributed by atoms with Crippen molar-refractivity contribution < 1.29 is 9.53 Å². The van der Waals surface area contributed by atoms with Gasteiger partial charge in [0.25, 0.3) is 0 Å². The first kappa shape index (κ1) is 14.1. The summed E-state index contributed by atoms with van der Waals surface area (Å²) >= 11 is 0. The third-order valence-electron chi connectivity index (χ3n) is 3.48. The molecule has 22 heavy (non-hydrogen) atoms. The van der Waals surface area contributed by atoms with Gasteiger partial charge in [0.15, 0.2) is 5.78 Å². The molecule has 0 radical (unpaired) electrons. The average Bonchev–Trinajstić information content (AvgIpc) is 2.97. The number of carbonyl (C=O) groups is 1. The predicted molar refractivity (Wildman–Crippen MR) is 87.1 cm³/mol. The Kier molecular flexibility index (Phi) is 3.74. The number of fused-ring (bicyclic) bond motifs is 1. The van der Waals surface area contributed by atoms with Crippen LogP contribution >= 0.6 is 0 Å². The van der Waals surface area contributed by atoms with Crippen molar-refractivity contribution in [3.63, 3.8) is 0 Å². The quantitative estimate of drug-likeness (QED) is 0.546. The molecule has 3 rings (SSSR count). The monoisotopic (exact) mass is 292 g/mol. The molecule has 0 unspecified atom stereocenters. The number of methoxy groups -OCH3 is 1. The second kappa shape index (κ2) is 5.85. The maximum Gasteiger partial charge on any atom is 0.185 e. The van der Waals surface area contributed by atoms with Crippen LogP contribution in [-0.4, -0.2) is 22.7 Å². The molecule has 0 aliphatic carbocycles. The van der Waals surface area contributed by atoms with Crippen molar-refractivity contribution in [3.8, 4) is 5.75 Å². The van der Waals surface area contributed by atoms with Crippen molar-refractivity contribution in [2.24, 2.45) is 7.05 Å². The van der Waals surface area contributed by atoms with E-state index < -0.39 is 0 Å². The molecule has 4 heteroatoms. The van der Waals surface area contributed by atoms with Gasteiger partial charge in [0.2, 0.25) is 0 Å². The third kappa shape index (κ3) is 2.91. The Morgan fingerprint density at radius 2 is 1.95 bits per heavy atom. The summed E-state index contributed by atoms with van der Waals surface area (Å²) in [5, 5.41) is 6.13. The minimum atomic E-state index is -0.0263. The molecule has 0 aliphatic rings. The zero-order valence-electron chi connectivity index (χ0n) is 12.5. The number of hydrogen-bond donors (Lipinski definition) is 0. The minimum absolute atomic E-state index is 0.0263. The molecule has 0 bridgehead atoms. The van der Waals surface area contributed by atoms with Crippen LogP contribution < -0.4 is 4.74 Å². The van der Waals surface area contributed by atoms with Crippen LogP contribution in [0.15, 0.2) is 54.9 Å². The highest BCUT2D eigenvalue weighted by Crippen LogP contribution is 2.22. The number of ketones is 1. The van der Waals surface area contributed by atoms with Gasteiger partial charge in [-0.25, -0.2) is 0 Å². The van der Waals surface area contributed by atoms with E-state index in [0.717, 1.165) is 22.1 Å². The van der Waals surface area contributed by atoms with Crippen molar-refractivity contribution in [2.45, 2.75) is 0 Å². The summed E-state index contributed by atoms with van der Waals surface area (Å²) in [6.07, 6.45) is 6.92. The summed E-state index contributed by atoms with van der Waals surface area (Å²) in [6, 6.07) is 11.5. The van der Waals surface area contributed by atoms with Crippen LogP contribution in [0.25, 0.3) is 16.8 Å². The summed E-state index contributed by atoms with van der Waals surface area (Å²) < 4.78 is 6.91. The third-order valence-corrected chi connectivity index (χ3v) is 3.48. The van der Waals surface area contributed by atoms with Gasteiger partial charge in [-0.05, 0) is 41.1 Å². The van der Waals surface area contributed by atoms with Gasteiger partial charge >= 0.3 is 0 Å². The number of ether oxygens (including phenoxy) is 1. The Hall–Kier alpha value is -2.88. The fourth-order valence-electron chi connectivity index (χ4n) is 2.30. The second-order valence-electron chi connectivity index (χ2n) is 5.07. The van der Waals surface area contributed by atoms with Crippen molar-refractivity contribution in [1.29, 1.82) is 0 Å². The van der Waals surface area contributed by atoms with Crippen LogP contribution in [0.2, 0.25) is 0 Å². The SMILES string of the molecule is COc1ccc2cc(C(=O)/C=C/c3cnn(C)c3)ccc2c1. The highest BCUT2D eigenvalue weighted by molar-refractivity contribution is 6.08. The topological polar surface area (TPSA) is 44.1 Å². The molecule has 0 saturated carbocycles. The molecule has 1 aromatic heterocycles. The number of benzene rings is 2. The van der Waals surface area contributed by atoms with Crippen LogP contribution in [0.4, 0.5) is 0 Å². The predicted octanol–water partition coefficient (Wildman–Crippen LogP) is 3.48. The highest BCUT2D eigenvalue weighted by Gasteiger charge is 2.04. The second-order valence-corrected chi connectivity index (χ2v) is 5.07. The largest absolute Gasteiger partial charge is 0.497 e. The number of rotatable bonds is 4. The normalized spacial score (nSPS) is 11.2. The molecule has 4 nitrogen and oxygen atoms in total. The lowest BCUT2D eigenvalue weighted by Gasteiger charge is -2.04. The molecule has 0 atom stereocenters. The maximum absolute atomic E-state index is 12.3. The van der Waals surface area contributed by atoms with Crippen molar-refractivity contribution in [2.75, 3.05) is 7.11 Å². The van der Waals surface area contributed by atoms with Crippen molar-refractivity contribution in [1.82, 2.24) is 9.78 Å². The minimum Gasteiger partial charge on any atom is -0.497 e. The summed E-state index contributed by atoms with van der Waals surface area (Å²) in [6.45, 7) is 0. The molecule has 0 saturated heterocycles. The summed E-state index contributed by atoms with van der Waals surface area (Å²) in [7, 11) is 3.49. The van der Waals surface area contributed by atoms with E-state index in [0.29, 0.717) is 5.56 Å². The van der Waals surface area contributed by atoms with E-state index >= 15 is 0 Å². The van der Waals surface area contributed by atoms with Gasteiger partial charge in [-0.2, -0.15) is 5.10 Å². The van der Waals surface area contributed by atoms with Crippen LogP contribution in [0.3, 0.4) is 0 Å². The van der Waals surface area contributed by atoms with Crippen LogP contribution in [0.5, 0.6) is 5.75 Å². The van der Waals surface area contributed by atoms with E-state index in [1.165, 1.54) is 0 Å². The van der Waals surface area contributed by atoms with Crippen molar-refractivity contribution >= 4 is 22.6 Å². The number of allylic oxidation sites excluding steroid dienone is 1. The lowest BCUT2D eigenvalue weighted by Crippen LogP contribution is -1.94. The highest BCUT2D eigenvalue weighted by atomic mass is 16.5. The molecule has 3 aromatic rings. The summed E-state index contributed by atoms with van der Waals surface area (Å²) in [5.74, 6) is 0.782. The van der Waals surface area contributed by atoms with Crippen LogP contribution in [0.1, 0.15) is 15.9 Å². The van der Waals surface area contributed by atoms with E-state index in [1.54, 1.807) is 30.1 Å². The number of hydrogen-bond acceptors (Lipinski definition) is 3. The first-order chi connectivity index (χ1) is 10.7. The van der Waals surface area contributed by atoms with E-state index in [4.69, 9.17) is 4.74 Å². The Morgan fingerprint density at radius 3 is 2.68 bits per heavy atom. The molecule has 110 valence electrons. The van der Waals surface area contributed by atoms with E-state index in [-0.39, 0.29) is 5.78 Å². The molecule has 0 aliphatic heterocycles. The standard InChI is InChI=1S/C18H16N2O2/c1-20-12-13(11-19-20)3-8-18(21)16-5-4-15-10-17(22-2)7-6-14(15)9-16/h3-12H,1-2H3/b8-3+. The molecule has 0 fully saturated rings. The smallest absolute Gasteiger partial charge is 0.185 e. The molecule has 0 amide bonds. The molecular formula is C18H16N2O2. The Bertz CT molecular complexity index is 862. The Morgan fingerprint density at radius 1 is 1.18 bits per heavy atom. The average molecular weight is 292 g/mol. The molecule has 0 N–H and O–H groups in total. The van der Waals surface area contributed by atoms with Gasteiger partial charge in [-0.3, -0.25) is 9.48 Å². The first-order valence-corrected chi connectivity index (χ1v) is 6.94. The van der Waals surface area contributed by atoms with E-state index in [9.17, 15) is 4.79 Å². The zero-order chi connectivity index (χ0) is 15.5. The molecular weight excluding hydrogens is 276 g/mol. The zero-order valence-corrected chi connectivity index (χ0v) is 12.5. The summed E-state index contributed by atoms with van der Waals surface area (Å²) in [5.41, 5.74) is 1.57. The summed E-state index contributed by atoms with van der Waals surface area (Å²) in [4.78, 5) is 12.3. The lowest BCUT2D eigenvalue weighted by molar-refractivity contribution is 0.104. The Balaban J connectivity index is 1.86. The number of nitrogens with zero attached hydrogens (tertiary/aromatic N) is 2. The van der Waals surface area contributed by atoms with Gasteiger partial charge in [-0.1, -0.05) is 18.2 Å². The molecule has 1 heterocycles. The van der Waals surface area contributed by atoms with Crippen LogP contribution in [0, 0.1) is 0 Å². The molecule has 2 aromatic carbocycles. The number of carbonyl (C=O) groups excluding carboxylic acids is 1. The van der Waals surface area contributed by atoms with Gasteiger partial charge < -0.3 is 4.74 Å². The number of aryl methyl sites for hydroxylation is 1. The van der Waals surface area contributed by atoms with E-state index in [2.05, 4.69) is 5.10 Å². The van der Waals surface area contributed by atoms with Crippen LogP contribution in [-0.2, 0) is 7.05 Å². The Labute approximate surface area is 128 Å². The molecule has 0 spiro atoms. The lowest BCUT2D eigenvalue weighted by atomic mass is 10.0. The van der Waals surface area contributed by atoms with Gasteiger partial charge in [0, 0.05) is 24.4 Å². The number of aromatic nitrogens is 2. The maximum atomic E-state index is 12.3. The van der Waals surface area contributed by atoms with Crippen molar-refractivity contribution in [3.05, 3.63) is 66.0 Å².